The second-order valence-corrected chi connectivity index (χ2v) is 7.77. The molecule has 3 rings (SSSR count). The number of amides is 1. The van der Waals surface area contributed by atoms with Gasteiger partial charge in [0.1, 0.15) is 6.41 Å². The van der Waals surface area contributed by atoms with Gasteiger partial charge in [-0.1, -0.05) is 50.8 Å². The third kappa shape index (κ3) is 6.62. The number of carbonyl (C=O) groups is 1. The Morgan fingerprint density at radius 3 is 2.73 bits per heavy atom. The summed E-state index contributed by atoms with van der Waals surface area (Å²) in [5.41, 5.74) is 0.960. The number of halogens is 4. The van der Waals surface area contributed by atoms with Crippen LogP contribution in [0.1, 0.15) is 16.7 Å². The quantitative estimate of drug-likeness (QED) is 0.218. The van der Waals surface area contributed by atoms with Crippen molar-refractivity contribution in [2.24, 2.45) is 4.99 Å². The van der Waals surface area contributed by atoms with E-state index in [1.807, 2.05) is 24.5 Å². The van der Waals surface area contributed by atoms with Gasteiger partial charge < -0.3 is 9.79 Å². The van der Waals surface area contributed by atoms with Gasteiger partial charge in [-0.3, -0.25) is 4.68 Å². The van der Waals surface area contributed by atoms with E-state index in [0.717, 1.165) is 17.0 Å². The van der Waals surface area contributed by atoms with Crippen LogP contribution in [0.15, 0.2) is 57.0 Å². The molecule has 30 heavy (non-hydrogen) atoms. The van der Waals surface area contributed by atoms with E-state index in [2.05, 4.69) is 32.2 Å². The molecule has 0 saturated heterocycles. The van der Waals surface area contributed by atoms with Gasteiger partial charge in [0.15, 0.2) is 0 Å². The van der Waals surface area contributed by atoms with Gasteiger partial charge in [0.2, 0.25) is 0 Å². The van der Waals surface area contributed by atoms with Gasteiger partial charge in [-0.2, -0.15) is 30.0 Å². The molecule has 0 aliphatic carbocycles. The first kappa shape index (κ1) is 25.5. The summed E-state index contributed by atoms with van der Waals surface area (Å²) >= 11 is 4.48. The minimum atomic E-state index is -4.45. The number of carbonyl (C=O) groups excluding carboxylic acids is 1. The molecule has 0 atom stereocenters. The van der Waals surface area contributed by atoms with Gasteiger partial charge in [0, 0.05) is 16.1 Å². The van der Waals surface area contributed by atoms with E-state index in [-0.39, 0.29) is 63.5 Å². The van der Waals surface area contributed by atoms with Crippen molar-refractivity contribution in [3.05, 3.63) is 68.7 Å². The van der Waals surface area contributed by atoms with Gasteiger partial charge in [-0.05, 0) is 30.0 Å². The predicted molar refractivity (Wildman–Crippen MR) is 113 cm³/mol. The molecule has 0 bridgehead atoms. The van der Waals surface area contributed by atoms with Crippen LogP contribution in [0, 0.1) is 0 Å². The first-order valence-electron chi connectivity index (χ1n) is 8.28. The summed E-state index contributed by atoms with van der Waals surface area (Å²) in [5.74, 6) is 0. The fourth-order valence-electron chi connectivity index (χ4n) is 2.77. The van der Waals surface area contributed by atoms with Crippen LogP contribution in [0.3, 0.4) is 0 Å². The first-order chi connectivity index (χ1) is 13.8. The van der Waals surface area contributed by atoms with E-state index in [9.17, 15) is 18.0 Å². The molecular formula is C20H14BrF3KN3OS. The van der Waals surface area contributed by atoms with Crippen molar-refractivity contribution in [1.29, 1.82) is 0 Å². The number of nitrogens with zero attached hydrogens (tertiary/aromatic N) is 3. The van der Waals surface area contributed by atoms with Crippen LogP contribution in [0.5, 0.6) is 0 Å². The van der Waals surface area contributed by atoms with Crippen molar-refractivity contribution in [2.75, 3.05) is 6.26 Å². The molecule has 0 aliphatic rings. The molecule has 150 valence electrons. The molecule has 10 heteroatoms. The topological polar surface area (TPSA) is 47.2 Å². The number of fused-ring (bicyclic) bond motifs is 1. The number of benzene rings is 2. The maximum atomic E-state index is 13.3. The Bertz CT molecular complexity index is 1110. The second-order valence-electron chi connectivity index (χ2n) is 6.00. The van der Waals surface area contributed by atoms with Crippen molar-refractivity contribution in [1.82, 2.24) is 9.78 Å². The number of alkyl halides is 3. The fourth-order valence-corrected chi connectivity index (χ4v) is 3.53. The molecule has 0 unspecified atom stereocenters. The molecule has 1 aromatic heterocycles. The zero-order chi connectivity index (χ0) is 21.0. The zero-order valence-corrected chi connectivity index (χ0v) is 21.6. The Labute approximate surface area is 226 Å². The summed E-state index contributed by atoms with van der Waals surface area (Å²) in [4.78, 5) is 14.5. The van der Waals surface area contributed by atoms with Gasteiger partial charge in [-0.25, -0.2) is 0 Å². The van der Waals surface area contributed by atoms with Crippen molar-refractivity contribution < 1.29 is 69.4 Å². The van der Waals surface area contributed by atoms with Crippen molar-refractivity contribution in [3.63, 3.8) is 0 Å². The summed E-state index contributed by atoms with van der Waals surface area (Å²) in [6.07, 6.45) is 3.95. The molecule has 0 aliphatic heterocycles. The molecule has 0 spiro atoms. The van der Waals surface area contributed by atoms with E-state index in [1.165, 1.54) is 22.5 Å². The molecule has 0 saturated carbocycles. The van der Waals surface area contributed by atoms with E-state index < -0.39 is 11.7 Å². The number of aromatic nitrogens is 2. The van der Waals surface area contributed by atoms with Crippen LogP contribution in [0.4, 0.5) is 13.2 Å². The molecule has 1 amide bonds. The molecule has 1 heterocycles. The van der Waals surface area contributed by atoms with Gasteiger partial charge in [-0.15, -0.1) is 6.08 Å². The summed E-state index contributed by atoms with van der Waals surface area (Å²) < 4.78 is 41.9. The van der Waals surface area contributed by atoms with Crippen LogP contribution in [0.2, 0.25) is 0 Å². The van der Waals surface area contributed by atoms with Gasteiger partial charge in [0.25, 0.3) is 0 Å². The Balaban J connectivity index is 0.00000320. The van der Waals surface area contributed by atoms with Crippen molar-refractivity contribution >= 4 is 57.3 Å². The smallest absolute Gasteiger partial charge is 0.356 e. The van der Waals surface area contributed by atoms with Gasteiger partial charge >= 0.3 is 57.6 Å². The second kappa shape index (κ2) is 11.2. The van der Waals surface area contributed by atoms with Crippen molar-refractivity contribution in [3.8, 4) is 0 Å². The van der Waals surface area contributed by atoms with Crippen molar-refractivity contribution in [2.45, 2.75) is 12.7 Å². The molecular weight excluding hydrogens is 506 g/mol. The number of hydrogen-bond donors (Lipinski definition) is 0. The largest absolute Gasteiger partial charge is 1.00 e. The number of hydrogen-bond acceptors (Lipinski definition) is 3. The summed E-state index contributed by atoms with van der Waals surface area (Å²) in [7, 11) is 0. The SMILES string of the molecule is CS/C([C-]=NC=O)=C\c1ccc2nn(Cc3ccc(Br)cc3C(F)(F)F)cc2c1.[K+]. The normalized spacial score (nSPS) is 12.4. The van der Waals surface area contributed by atoms with Crippen LogP contribution >= 0.6 is 27.7 Å². The third-order valence-corrected chi connectivity index (χ3v) is 5.17. The number of rotatable bonds is 6. The maximum absolute atomic E-state index is 13.3. The number of thioether (sulfide) groups is 1. The van der Waals surface area contributed by atoms with Gasteiger partial charge in [0.05, 0.1) is 17.6 Å². The van der Waals surface area contributed by atoms with Crippen LogP contribution < -0.4 is 51.4 Å². The average Bonchev–Trinajstić information content (AvgIpc) is 3.07. The Morgan fingerprint density at radius 1 is 1.30 bits per heavy atom. The summed E-state index contributed by atoms with van der Waals surface area (Å²) in [6.45, 7) is -0.00217. The Morgan fingerprint density at radius 2 is 2.07 bits per heavy atom. The molecule has 0 radical (unpaired) electrons. The zero-order valence-electron chi connectivity index (χ0n) is 16.1. The third-order valence-electron chi connectivity index (χ3n) is 4.03. The van der Waals surface area contributed by atoms with Crippen LogP contribution in [0.25, 0.3) is 17.0 Å². The molecule has 0 N–H and O–H groups in total. The maximum Gasteiger partial charge on any atom is 1.00 e. The average molecular weight is 520 g/mol. The predicted octanol–water partition coefficient (Wildman–Crippen LogP) is 2.68. The molecule has 2 aromatic carbocycles. The number of aliphatic imine (C=N–C) groups is 1. The number of allylic oxidation sites excluding steroid dienone is 1. The van der Waals surface area contributed by atoms with E-state index in [0.29, 0.717) is 21.3 Å². The minimum absolute atomic E-state index is 0. The first-order valence-corrected chi connectivity index (χ1v) is 10.3. The molecule has 4 nitrogen and oxygen atoms in total. The van der Waals surface area contributed by atoms with E-state index in [1.54, 1.807) is 18.3 Å². The van der Waals surface area contributed by atoms with Crippen LogP contribution in [-0.4, -0.2) is 28.7 Å². The van der Waals surface area contributed by atoms with Crippen LogP contribution in [-0.2, 0) is 17.5 Å². The Kier molecular flexibility index (Phi) is 9.53. The van der Waals surface area contributed by atoms with E-state index >= 15 is 0 Å². The molecule has 0 fully saturated rings. The standard InChI is InChI=1S/C20H14BrF3N3OS.K/c1-29-17(9-25-12-28)7-13-2-5-19-15(6-13)11-27(26-19)10-14-3-4-16(21)8-18(14)20(22,23)24;/h2-8,11-12H,10H2,1H3;/q-1;+1/b17-7-;. The Hall–Kier alpha value is -0.754. The summed E-state index contributed by atoms with van der Waals surface area (Å²) in [6, 6.07) is 9.59. The minimum Gasteiger partial charge on any atom is -0.356 e. The van der Waals surface area contributed by atoms with E-state index in [4.69, 9.17) is 0 Å². The fraction of sp³-hybridized carbons (Fsp3) is 0.150. The molecule has 3 aromatic rings. The summed E-state index contributed by atoms with van der Waals surface area (Å²) in [5, 5.41) is 5.16. The monoisotopic (exact) mass is 519 g/mol.